The van der Waals surface area contributed by atoms with Crippen LogP contribution in [0, 0.1) is 0 Å². The highest BCUT2D eigenvalue weighted by Crippen LogP contribution is 2.59. The van der Waals surface area contributed by atoms with Crippen LogP contribution in [-0.4, -0.2) is 8.07 Å². The van der Waals surface area contributed by atoms with Gasteiger partial charge in [0, 0.05) is 19.9 Å². The molecule has 0 saturated heterocycles. The summed E-state index contributed by atoms with van der Waals surface area (Å²) in [5.41, 5.74) is 4.13. The van der Waals surface area contributed by atoms with E-state index in [1.54, 1.807) is 11.1 Å². The Bertz CT molecular complexity index is 392. The molecule has 0 amide bonds. The molecular formula is C14H18Si. The molecule has 0 fully saturated rings. The van der Waals surface area contributed by atoms with Gasteiger partial charge in [-0.15, -0.1) is 0 Å². The second-order valence-corrected chi connectivity index (χ2v) is 11.4. The largest absolute Gasteiger partial charge is 0.0804 e. The lowest BCUT2D eigenvalue weighted by atomic mass is 9.97. The standard InChI is InChI=1S/C14H18Si/c1-15(2,3)14-12-8-9-13(14)11-7-5-4-6-10(11)12/h4-9,12-14H,1-3H3. The molecule has 0 N–H and O–H groups in total. The number of hydrogen-bond donors (Lipinski definition) is 0. The molecule has 0 heterocycles. The van der Waals surface area contributed by atoms with E-state index in [2.05, 4.69) is 56.1 Å². The molecule has 0 saturated carbocycles. The van der Waals surface area contributed by atoms with Gasteiger partial charge in [0.2, 0.25) is 0 Å². The van der Waals surface area contributed by atoms with Crippen LogP contribution in [0.15, 0.2) is 36.4 Å². The zero-order valence-electron chi connectivity index (χ0n) is 9.70. The minimum Gasteiger partial charge on any atom is -0.0804 e. The van der Waals surface area contributed by atoms with Crippen LogP contribution in [-0.2, 0) is 0 Å². The molecule has 0 aliphatic heterocycles. The van der Waals surface area contributed by atoms with Crippen LogP contribution in [0.1, 0.15) is 23.0 Å². The molecule has 0 radical (unpaired) electrons. The molecule has 1 aromatic rings. The highest BCUT2D eigenvalue weighted by Gasteiger charge is 2.47. The Morgan fingerprint density at radius 1 is 0.867 bits per heavy atom. The van der Waals surface area contributed by atoms with Gasteiger partial charge in [0.25, 0.3) is 0 Å². The highest BCUT2D eigenvalue weighted by molar-refractivity contribution is 6.78. The average Bonchev–Trinajstić information content (AvgIpc) is 2.73. The van der Waals surface area contributed by atoms with E-state index < -0.39 is 8.07 Å². The van der Waals surface area contributed by atoms with Crippen LogP contribution < -0.4 is 0 Å². The predicted octanol–water partition coefficient (Wildman–Crippen LogP) is 4.15. The van der Waals surface area contributed by atoms with Crippen LogP contribution >= 0.6 is 0 Å². The van der Waals surface area contributed by atoms with E-state index in [1.807, 2.05) is 0 Å². The maximum Gasteiger partial charge on any atom is 0.0494 e. The van der Waals surface area contributed by atoms with Gasteiger partial charge in [-0.25, -0.2) is 0 Å². The van der Waals surface area contributed by atoms with Crippen molar-refractivity contribution in [2.75, 3.05) is 0 Å². The van der Waals surface area contributed by atoms with Crippen molar-refractivity contribution in [1.29, 1.82) is 0 Å². The lowest BCUT2D eigenvalue weighted by Gasteiger charge is -2.29. The summed E-state index contributed by atoms with van der Waals surface area (Å²) in [6.45, 7) is 7.53. The molecule has 3 rings (SSSR count). The molecule has 1 heteroatoms. The zero-order valence-corrected chi connectivity index (χ0v) is 10.7. The van der Waals surface area contributed by atoms with Gasteiger partial charge in [0.05, 0.1) is 0 Å². The summed E-state index contributed by atoms with van der Waals surface area (Å²) < 4.78 is 0. The molecule has 15 heavy (non-hydrogen) atoms. The van der Waals surface area contributed by atoms with Gasteiger partial charge in [0.15, 0.2) is 0 Å². The van der Waals surface area contributed by atoms with Gasteiger partial charge in [-0.2, -0.15) is 0 Å². The fraction of sp³-hybridized carbons (Fsp3) is 0.429. The van der Waals surface area contributed by atoms with Gasteiger partial charge in [0.1, 0.15) is 0 Å². The zero-order chi connectivity index (χ0) is 10.6. The predicted molar refractivity (Wildman–Crippen MR) is 68.2 cm³/mol. The molecule has 0 spiro atoms. The molecule has 2 aliphatic carbocycles. The van der Waals surface area contributed by atoms with Crippen LogP contribution in [0.5, 0.6) is 0 Å². The van der Waals surface area contributed by atoms with E-state index in [4.69, 9.17) is 0 Å². The summed E-state index contributed by atoms with van der Waals surface area (Å²) >= 11 is 0. The van der Waals surface area contributed by atoms with Crippen molar-refractivity contribution in [3.05, 3.63) is 47.5 Å². The first-order chi connectivity index (χ1) is 7.09. The molecule has 2 bridgehead atoms. The van der Waals surface area contributed by atoms with Gasteiger partial charge in [-0.05, 0) is 16.7 Å². The summed E-state index contributed by atoms with van der Waals surface area (Å²) in [6, 6.07) is 9.04. The fourth-order valence-electron chi connectivity index (χ4n) is 3.49. The first-order valence-corrected chi connectivity index (χ1v) is 9.44. The number of hydrogen-bond acceptors (Lipinski definition) is 0. The first-order valence-electron chi connectivity index (χ1n) is 5.86. The summed E-state index contributed by atoms with van der Waals surface area (Å²) in [5, 5.41) is 0. The van der Waals surface area contributed by atoms with Gasteiger partial charge < -0.3 is 0 Å². The monoisotopic (exact) mass is 214 g/mol. The summed E-state index contributed by atoms with van der Waals surface area (Å²) in [6.07, 6.45) is 4.91. The number of rotatable bonds is 1. The normalized spacial score (nSPS) is 32.1. The van der Waals surface area contributed by atoms with Gasteiger partial charge in [-0.1, -0.05) is 56.1 Å². The SMILES string of the molecule is C[Si](C)(C)C1C2C=CC1c1ccccc12. The molecule has 78 valence electrons. The summed E-state index contributed by atoms with van der Waals surface area (Å²) in [4.78, 5) is 0. The van der Waals surface area contributed by atoms with Gasteiger partial charge in [-0.3, -0.25) is 0 Å². The van der Waals surface area contributed by atoms with Crippen LogP contribution in [0.3, 0.4) is 0 Å². The Hall–Kier alpha value is -0.823. The van der Waals surface area contributed by atoms with E-state index in [1.165, 1.54) is 0 Å². The molecule has 0 aromatic heterocycles. The van der Waals surface area contributed by atoms with Crippen LogP contribution in [0.25, 0.3) is 0 Å². The summed E-state index contributed by atoms with van der Waals surface area (Å²) in [7, 11) is -1.05. The van der Waals surface area contributed by atoms with Gasteiger partial charge >= 0.3 is 0 Å². The van der Waals surface area contributed by atoms with Crippen molar-refractivity contribution in [3.8, 4) is 0 Å². The van der Waals surface area contributed by atoms with Crippen molar-refractivity contribution < 1.29 is 0 Å². The van der Waals surface area contributed by atoms with E-state index in [-0.39, 0.29) is 0 Å². The molecule has 0 nitrogen and oxygen atoms in total. The third-order valence-corrected chi connectivity index (χ3v) is 6.73. The fourth-order valence-corrected chi connectivity index (χ4v) is 6.23. The number of benzene rings is 1. The minimum atomic E-state index is -1.05. The lowest BCUT2D eigenvalue weighted by molar-refractivity contribution is 0.766. The average molecular weight is 214 g/mol. The van der Waals surface area contributed by atoms with Crippen molar-refractivity contribution >= 4 is 8.07 Å². The lowest BCUT2D eigenvalue weighted by Crippen LogP contribution is -2.30. The van der Waals surface area contributed by atoms with E-state index in [0.717, 1.165) is 17.4 Å². The molecule has 2 aliphatic rings. The van der Waals surface area contributed by atoms with Crippen LogP contribution in [0.2, 0.25) is 25.2 Å². The van der Waals surface area contributed by atoms with Crippen molar-refractivity contribution in [2.45, 2.75) is 37.0 Å². The quantitative estimate of drug-likeness (QED) is 0.487. The van der Waals surface area contributed by atoms with Crippen molar-refractivity contribution in [1.82, 2.24) is 0 Å². The Labute approximate surface area is 93.0 Å². The molecule has 2 unspecified atom stereocenters. The Kier molecular flexibility index (Phi) is 1.79. The van der Waals surface area contributed by atoms with E-state index in [9.17, 15) is 0 Å². The third-order valence-electron chi connectivity index (χ3n) is 4.01. The summed E-state index contributed by atoms with van der Waals surface area (Å²) in [5.74, 6) is 1.47. The van der Waals surface area contributed by atoms with Crippen molar-refractivity contribution in [2.24, 2.45) is 0 Å². The number of fused-ring (bicyclic) bond motifs is 5. The molecule has 1 aromatic carbocycles. The maximum atomic E-state index is 2.51. The molecular weight excluding hydrogens is 196 g/mol. The smallest absolute Gasteiger partial charge is 0.0494 e. The van der Waals surface area contributed by atoms with E-state index >= 15 is 0 Å². The number of allylic oxidation sites excluding steroid dienone is 2. The highest BCUT2D eigenvalue weighted by atomic mass is 28.3. The minimum absolute atomic E-state index is 0.734. The second-order valence-electron chi connectivity index (χ2n) is 5.96. The van der Waals surface area contributed by atoms with Crippen LogP contribution in [0.4, 0.5) is 0 Å². The third kappa shape index (κ3) is 1.19. The first kappa shape index (κ1) is 9.41. The molecule has 2 atom stereocenters. The second kappa shape index (κ2) is 2.85. The Morgan fingerprint density at radius 3 is 1.73 bits per heavy atom. The Balaban J connectivity index is 2.11. The van der Waals surface area contributed by atoms with Crippen molar-refractivity contribution in [3.63, 3.8) is 0 Å². The topological polar surface area (TPSA) is 0 Å². The Morgan fingerprint density at radius 2 is 1.33 bits per heavy atom. The van der Waals surface area contributed by atoms with E-state index in [0.29, 0.717) is 0 Å². The maximum absolute atomic E-state index is 2.51.